The quantitative estimate of drug-likeness (QED) is 0.662. The van der Waals surface area contributed by atoms with Crippen molar-refractivity contribution >= 4 is 23.5 Å². The Morgan fingerprint density at radius 3 is 2.64 bits per heavy atom. The Hall–Kier alpha value is -2.87. The van der Waals surface area contributed by atoms with Crippen molar-refractivity contribution in [3.8, 4) is 5.82 Å². The molecule has 1 aromatic carbocycles. The zero-order valence-electron chi connectivity index (χ0n) is 15.7. The molecular weight excluding hydrogens is 372 g/mol. The van der Waals surface area contributed by atoms with Gasteiger partial charge in [0.2, 0.25) is 0 Å². The molecule has 0 aliphatic carbocycles. The van der Waals surface area contributed by atoms with Crippen LogP contribution in [0.5, 0.6) is 0 Å². The molecule has 7 nitrogen and oxygen atoms in total. The van der Waals surface area contributed by atoms with Gasteiger partial charge in [-0.15, -0.1) is 0 Å². The van der Waals surface area contributed by atoms with Gasteiger partial charge in [0.1, 0.15) is 30.0 Å². The molecule has 1 aliphatic heterocycles. The minimum atomic E-state index is -0.120. The van der Waals surface area contributed by atoms with Crippen LogP contribution in [0.4, 0.5) is 5.82 Å². The number of amides is 1. The summed E-state index contributed by atoms with van der Waals surface area (Å²) in [6, 6.07) is 11.9. The van der Waals surface area contributed by atoms with Gasteiger partial charge in [-0.1, -0.05) is 30.3 Å². The third kappa shape index (κ3) is 4.17. The highest BCUT2D eigenvalue weighted by atomic mass is 32.2. The number of carbonyl (C=O) groups excluding carboxylic acids is 1. The van der Waals surface area contributed by atoms with E-state index in [1.54, 1.807) is 35.4 Å². The molecule has 1 fully saturated rings. The molecule has 0 spiro atoms. The summed E-state index contributed by atoms with van der Waals surface area (Å²) < 4.78 is 1.77. The van der Waals surface area contributed by atoms with E-state index in [4.69, 9.17) is 0 Å². The van der Waals surface area contributed by atoms with Gasteiger partial charge in [0.05, 0.1) is 0 Å². The molecule has 0 unspecified atom stereocenters. The van der Waals surface area contributed by atoms with Gasteiger partial charge in [-0.25, -0.2) is 15.0 Å². The van der Waals surface area contributed by atoms with E-state index in [2.05, 4.69) is 19.9 Å². The second-order valence-electron chi connectivity index (χ2n) is 6.65. The van der Waals surface area contributed by atoms with E-state index >= 15 is 0 Å². The van der Waals surface area contributed by atoms with Crippen LogP contribution in [0, 0.1) is 0 Å². The molecule has 1 aliphatic rings. The lowest BCUT2D eigenvalue weighted by Crippen LogP contribution is -2.33. The van der Waals surface area contributed by atoms with Crippen molar-refractivity contribution in [1.29, 1.82) is 0 Å². The summed E-state index contributed by atoms with van der Waals surface area (Å²) in [5.74, 6) is 3.71. The van der Waals surface area contributed by atoms with Crippen molar-refractivity contribution < 1.29 is 4.79 Å². The number of imidazole rings is 1. The van der Waals surface area contributed by atoms with Crippen LogP contribution in [0.15, 0.2) is 55.2 Å². The van der Waals surface area contributed by atoms with Gasteiger partial charge < -0.3 is 9.80 Å². The van der Waals surface area contributed by atoms with E-state index in [-0.39, 0.29) is 5.91 Å². The fraction of sp³-hybridized carbons (Fsp3) is 0.300. The minimum Gasteiger partial charge on any atom is -0.355 e. The summed E-state index contributed by atoms with van der Waals surface area (Å²) in [5.41, 5.74) is 1.48. The maximum absolute atomic E-state index is 12.7. The fourth-order valence-electron chi connectivity index (χ4n) is 3.13. The molecule has 2 aromatic heterocycles. The average Bonchev–Trinajstić information content (AvgIpc) is 3.25. The van der Waals surface area contributed by atoms with Gasteiger partial charge in [-0.2, -0.15) is 11.8 Å². The lowest BCUT2D eigenvalue weighted by molar-refractivity contribution is 0.0780. The Morgan fingerprint density at radius 1 is 1.11 bits per heavy atom. The standard InChI is InChI=1S/C20H22N6OS/c1-24(12-16-5-3-2-4-6-16)20(27)17-13-26(15-23-17)19-11-18(21-14-22-19)25-7-9-28-10-8-25/h2-6,11,13-15H,7-10,12H2,1H3. The number of anilines is 1. The predicted molar refractivity (Wildman–Crippen MR) is 111 cm³/mol. The summed E-state index contributed by atoms with van der Waals surface area (Å²) in [6.45, 7) is 2.51. The SMILES string of the molecule is CN(Cc1ccccc1)C(=O)c1cn(-c2cc(N3CCSCC3)ncn2)cn1. The van der Waals surface area contributed by atoms with Gasteiger partial charge in [-0.05, 0) is 5.56 Å². The van der Waals surface area contributed by atoms with Crippen LogP contribution in [0.25, 0.3) is 5.82 Å². The van der Waals surface area contributed by atoms with Gasteiger partial charge in [0.15, 0.2) is 0 Å². The Morgan fingerprint density at radius 2 is 1.86 bits per heavy atom. The smallest absolute Gasteiger partial charge is 0.274 e. The molecule has 144 valence electrons. The maximum Gasteiger partial charge on any atom is 0.274 e. The number of thioether (sulfide) groups is 1. The molecule has 0 bridgehead atoms. The summed E-state index contributed by atoms with van der Waals surface area (Å²) in [6.07, 6.45) is 4.92. The molecular formula is C20H22N6OS. The van der Waals surface area contributed by atoms with Crippen LogP contribution in [-0.4, -0.2) is 62.0 Å². The molecule has 0 atom stereocenters. The molecule has 1 amide bonds. The number of hydrogen-bond donors (Lipinski definition) is 0. The zero-order chi connectivity index (χ0) is 19.3. The van der Waals surface area contributed by atoms with Gasteiger partial charge >= 0.3 is 0 Å². The van der Waals surface area contributed by atoms with Crippen LogP contribution >= 0.6 is 11.8 Å². The maximum atomic E-state index is 12.7. The van der Waals surface area contributed by atoms with Crippen LogP contribution in [0.1, 0.15) is 16.1 Å². The molecule has 4 rings (SSSR count). The van der Waals surface area contributed by atoms with Crippen molar-refractivity contribution in [3.63, 3.8) is 0 Å². The summed E-state index contributed by atoms with van der Waals surface area (Å²) in [5, 5.41) is 0. The highest BCUT2D eigenvalue weighted by molar-refractivity contribution is 7.99. The Balaban J connectivity index is 1.48. The second-order valence-corrected chi connectivity index (χ2v) is 7.87. The topological polar surface area (TPSA) is 67.2 Å². The van der Waals surface area contributed by atoms with E-state index in [0.29, 0.717) is 18.1 Å². The van der Waals surface area contributed by atoms with Gasteiger partial charge in [0, 0.05) is 50.5 Å². The molecule has 0 N–H and O–H groups in total. The third-order valence-electron chi connectivity index (χ3n) is 4.65. The van der Waals surface area contributed by atoms with E-state index in [1.165, 1.54) is 0 Å². The van der Waals surface area contributed by atoms with E-state index in [9.17, 15) is 4.79 Å². The number of benzene rings is 1. The third-order valence-corrected chi connectivity index (χ3v) is 5.59. The molecule has 3 aromatic rings. The molecule has 8 heteroatoms. The molecule has 0 radical (unpaired) electrons. The average molecular weight is 395 g/mol. The minimum absolute atomic E-state index is 0.120. The number of carbonyl (C=O) groups is 1. The zero-order valence-corrected chi connectivity index (χ0v) is 16.5. The van der Waals surface area contributed by atoms with E-state index < -0.39 is 0 Å². The fourth-order valence-corrected chi connectivity index (χ4v) is 4.03. The Kier molecular flexibility index (Phi) is 5.57. The first-order valence-corrected chi connectivity index (χ1v) is 10.3. The largest absolute Gasteiger partial charge is 0.355 e. The van der Waals surface area contributed by atoms with Gasteiger partial charge in [0.25, 0.3) is 5.91 Å². The molecule has 0 saturated carbocycles. The lowest BCUT2D eigenvalue weighted by Gasteiger charge is -2.27. The van der Waals surface area contributed by atoms with Crippen molar-refractivity contribution in [3.05, 3.63) is 66.5 Å². The highest BCUT2D eigenvalue weighted by Gasteiger charge is 2.17. The first-order chi connectivity index (χ1) is 13.7. The first-order valence-electron chi connectivity index (χ1n) is 9.19. The van der Waals surface area contributed by atoms with Crippen molar-refractivity contribution in [2.45, 2.75) is 6.54 Å². The Labute approximate surface area is 168 Å². The van der Waals surface area contributed by atoms with Crippen molar-refractivity contribution in [2.24, 2.45) is 0 Å². The van der Waals surface area contributed by atoms with E-state index in [1.807, 2.05) is 48.2 Å². The summed E-state index contributed by atoms with van der Waals surface area (Å²) >= 11 is 1.96. The normalized spacial score (nSPS) is 14.1. The van der Waals surface area contributed by atoms with Crippen LogP contribution in [-0.2, 0) is 6.54 Å². The van der Waals surface area contributed by atoms with E-state index in [0.717, 1.165) is 36.0 Å². The monoisotopic (exact) mass is 394 g/mol. The molecule has 1 saturated heterocycles. The number of rotatable bonds is 5. The second kappa shape index (κ2) is 8.43. The predicted octanol–water partition coefficient (Wildman–Crippen LogP) is 2.49. The van der Waals surface area contributed by atoms with Crippen molar-refractivity contribution in [1.82, 2.24) is 24.4 Å². The van der Waals surface area contributed by atoms with Crippen LogP contribution in [0.2, 0.25) is 0 Å². The molecule has 28 heavy (non-hydrogen) atoms. The Bertz CT molecular complexity index is 939. The summed E-state index contributed by atoms with van der Waals surface area (Å²) in [7, 11) is 1.78. The number of aromatic nitrogens is 4. The molecule has 3 heterocycles. The summed E-state index contributed by atoms with van der Waals surface area (Å²) in [4.78, 5) is 29.7. The van der Waals surface area contributed by atoms with Crippen molar-refractivity contribution in [2.75, 3.05) is 36.5 Å². The van der Waals surface area contributed by atoms with Crippen LogP contribution < -0.4 is 4.90 Å². The lowest BCUT2D eigenvalue weighted by atomic mass is 10.2. The number of hydrogen-bond acceptors (Lipinski definition) is 6. The number of nitrogens with zero attached hydrogens (tertiary/aromatic N) is 6. The highest BCUT2D eigenvalue weighted by Crippen LogP contribution is 2.19. The van der Waals surface area contributed by atoms with Crippen LogP contribution in [0.3, 0.4) is 0 Å². The van der Waals surface area contributed by atoms with Gasteiger partial charge in [-0.3, -0.25) is 9.36 Å². The first kappa shape index (κ1) is 18.5.